The van der Waals surface area contributed by atoms with E-state index in [0.717, 1.165) is 0 Å². The Morgan fingerprint density at radius 3 is 1.60 bits per heavy atom. The van der Waals surface area contributed by atoms with E-state index in [1.165, 1.54) is 77.3 Å². The molecule has 0 aliphatic heterocycles. The standard InChI is InChI=1S/C14H31N/c1-3-5-6-7-8-9-10-11-12-14-15-13-4-2/h15H,3-14H2,1-2H3/p+1. The van der Waals surface area contributed by atoms with Gasteiger partial charge in [-0.1, -0.05) is 58.8 Å². The minimum Gasteiger partial charge on any atom is -0.346 e. The van der Waals surface area contributed by atoms with Crippen LogP contribution in [0.5, 0.6) is 0 Å². The zero-order chi connectivity index (χ0) is 11.2. The van der Waals surface area contributed by atoms with Gasteiger partial charge in [0, 0.05) is 0 Å². The summed E-state index contributed by atoms with van der Waals surface area (Å²) in [5.74, 6) is 0. The first-order valence-electron chi connectivity index (χ1n) is 7.23. The summed E-state index contributed by atoms with van der Waals surface area (Å²) in [6.45, 7) is 7.21. The molecule has 0 rings (SSSR count). The molecular formula is C14H32N+. The van der Waals surface area contributed by atoms with Crippen molar-refractivity contribution in [2.24, 2.45) is 0 Å². The molecule has 1 heteroatoms. The van der Waals surface area contributed by atoms with Crippen LogP contribution < -0.4 is 5.32 Å². The molecule has 0 amide bonds. The van der Waals surface area contributed by atoms with Crippen LogP contribution in [-0.2, 0) is 0 Å². The van der Waals surface area contributed by atoms with E-state index in [0.29, 0.717) is 0 Å². The van der Waals surface area contributed by atoms with E-state index in [2.05, 4.69) is 19.2 Å². The van der Waals surface area contributed by atoms with Gasteiger partial charge in [-0.2, -0.15) is 0 Å². The molecule has 0 aromatic heterocycles. The molecule has 0 atom stereocenters. The van der Waals surface area contributed by atoms with Crippen molar-refractivity contribution >= 4 is 0 Å². The van der Waals surface area contributed by atoms with Crippen LogP contribution in [0, 0.1) is 0 Å². The molecule has 0 heterocycles. The van der Waals surface area contributed by atoms with Gasteiger partial charge in [-0.3, -0.25) is 0 Å². The van der Waals surface area contributed by atoms with Crippen LogP contribution >= 0.6 is 0 Å². The maximum absolute atomic E-state index is 2.46. The second kappa shape index (κ2) is 14.0. The van der Waals surface area contributed by atoms with Crippen LogP contribution in [0.4, 0.5) is 0 Å². The van der Waals surface area contributed by atoms with Crippen molar-refractivity contribution in [2.45, 2.75) is 78.1 Å². The Morgan fingerprint density at radius 1 is 0.533 bits per heavy atom. The quantitative estimate of drug-likeness (QED) is 0.479. The molecule has 0 unspecified atom stereocenters. The average Bonchev–Trinajstić information content (AvgIpc) is 2.26. The van der Waals surface area contributed by atoms with Gasteiger partial charge in [0.15, 0.2) is 0 Å². The number of hydrogen-bond donors (Lipinski definition) is 1. The highest BCUT2D eigenvalue weighted by Gasteiger charge is 1.93. The Balaban J connectivity index is 2.81. The monoisotopic (exact) mass is 214 g/mol. The summed E-state index contributed by atoms with van der Waals surface area (Å²) in [5.41, 5.74) is 0. The number of quaternary nitrogens is 1. The highest BCUT2D eigenvalue weighted by Crippen LogP contribution is 2.08. The second-order valence-corrected chi connectivity index (χ2v) is 4.69. The normalized spacial score (nSPS) is 10.8. The SMILES string of the molecule is CCCCCCCCCCC[NH2+]CCC. The molecule has 1 nitrogen and oxygen atoms in total. The largest absolute Gasteiger partial charge is 0.346 e. The van der Waals surface area contributed by atoms with Crippen molar-refractivity contribution in [2.75, 3.05) is 13.1 Å². The van der Waals surface area contributed by atoms with E-state index in [9.17, 15) is 0 Å². The summed E-state index contributed by atoms with van der Waals surface area (Å²) in [6, 6.07) is 0. The van der Waals surface area contributed by atoms with Crippen LogP contribution in [0.2, 0.25) is 0 Å². The summed E-state index contributed by atoms with van der Waals surface area (Å²) in [7, 11) is 0. The summed E-state index contributed by atoms with van der Waals surface area (Å²) >= 11 is 0. The third kappa shape index (κ3) is 14.0. The third-order valence-corrected chi connectivity index (χ3v) is 3.00. The Bertz CT molecular complexity index is 89.5. The number of nitrogens with two attached hydrogens (primary N) is 1. The maximum Gasteiger partial charge on any atom is 0.0755 e. The predicted octanol–water partition coefficient (Wildman–Crippen LogP) is 3.49. The Hall–Kier alpha value is -0.0400. The van der Waals surface area contributed by atoms with E-state index in [1.54, 1.807) is 0 Å². The van der Waals surface area contributed by atoms with Gasteiger partial charge in [0.1, 0.15) is 0 Å². The van der Waals surface area contributed by atoms with Crippen molar-refractivity contribution in [3.05, 3.63) is 0 Å². The zero-order valence-corrected chi connectivity index (χ0v) is 11.1. The average molecular weight is 214 g/mol. The molecule has 0 fully saturated rings. The molecule has 0 aliphatic carbocycles. The van der Waals surface area contributed by atoms with Crippen molar-refractivity contribution in [1.29, 1.82) is 0 Å². The summed E-state index contributed by atoms with van der Waals surface area (Å²) in [6.07, 6.45) is 14.3. The van der Waals surface area contributed by atoms with Gasteiger partial charge in [-0.05, 0) is 19.3 Å². The predicted molar refractivity (Wildman–Crippen MR) is 69.2 cm³/mol. The fourth-order valence-corrected chi connectivity index (χ4v) is 1.95. The first-order chi connectivity index (χ1) is 7.41. The van der Waals surface area contributed by atoms with E-state index in [4.69, 9.17) is 0 Å². The van der Waals surface area contributed by atoms with Crippen molar-refractivity contribution in [3.8, 4) is 0 Å². The highest BCUT2D eigenvalue weighted by molar-refractivity contribution is 4.45. The maximum atomic E-state index is 2.46. The third-order valence-electron chi connectivity index (χ3n) is 3.00. The van der Waals surface area contributed by atoms with E-state index in [1.807, 2.05) is 0 Å². The van der Waals surface area contributed by atoms with Gasteiger partial charge >= 0.3 is 0 Å². The Morgan fingerprint density at radius 2 is 1.07 bits per heavy atom. The highest BCUT2D eigenvalue weighted by atomic mass is 14.8. The van der Waals surface area contributed by atoms with Gasteiger partial charge in [0.2, 0.25) is 0 Å². The van der Waals surface area contributed by atoms with Crippen LogP contribution in [0.3, 0.4) is 0 Å². The van der Waals surface area contributed by atoms with Crippen molar-refractivity contribution < 1.29 is 5.32 Å². The fourth-order valence-electron chi connectivity index (χ4n) is 1.95. The summed E-state index contributed by atoms with van der Waals surface area (Å²) in [4.78, 5) is 0. The summed E-state index contributed by atoms with van der Waals surface area (Å²) < 4.78 is 0. The lowest BCUT2D eigenvalue weighted by atomic mass is 10.1. The van der Waals surface area contributed by atoms with Gasteiger partial charge < -0.3 is 5.32 Å². The molecule has 0 aromatic carbocycles. The lowest BCUT2D eigenvalue weighted by Crippen LogP contribution is -2.84. The number of hydrogen-bond acceptors (Lipinski definition) is 0. The molecule has 0 aromatic rings. The Labute approximate surface area is 97.0 Å². The van der Waals surface area contributed by atoms with E-state index >= 15 is 0 Å². The zero-order valence-electron chi connectivity index (χ0n) is 11.1. The first-order valence-corrected chi connectivity index (χ1v) is 7.23. The van der Waals surface area contributed by atoms with Crippen LogP contribution in [0.25, 0.3) is 0 Å². The Kier molecular flexibility index (Phi) is 13.9. The molecule has 0 saturated heterocycles. The van der Waals surface area contributed by atoms with Crippen LogP contribution in [-0.4, -0.2) is 13.1 Å². The molecule has 0 radical (unpaired) electrons. The molecule has 0 spiro atoms. The molecule has 0 saturated carbocycles. The van der Waals surface area contributed by atoms with E-state index < -0.39 is 0 Å². The molecule has 2 N–H and O–H groups in total. The molecule has 0 bridgehead atoms. The minimum absolute atomic E-state index is 1.32. The molecule has 92 valence electrons. The lowest BCUT2D eigenvalue weighted by Gasteiger charge is -2.01. The lowest BCUT2D eigenvalue weighted by molar-refractivity contribution is -0.655. The fraction of sp³-hybridized carbons (Fsp3) is 1.00. The van der Waals surface area contributed by atoms with Gasteiger partial charge in [-0.25, -0.2) is 0 Å². The van der Waals surface area contributed by atoms with Crippen LogP contribution in [0.1, 0.15) is 78.1 Å². The van der Waals surface area contributed by atoms with Crippen LogP contribution in [0.15, 0.2) is 0 Å². The van der Waals surface area contributed by atoms with Gasteiger partial charge in [-0.15, -0.1) is 0 Å². The minimum atomic E-state index is 1.32. The van der Waals surface area contributed by atoms with Crippen molar-refractivity contribution in [3.63, 3.8) is 0 Å². The van der Waals surface area contributed by atoms with E-state index in [-0.39, 0.29) is 0 Å². The number of unbranched alkanes of at least 4 members (excludes halogenated alkanes) is 8. The molecule has 15 heavy (non-hydrogen) atoms. The number of rotatable bonds is 12. The van der Waals surface area contributed by atoms with Gasteiger partial charge in [0.25, 0.3) is 0 Å². The smallest absolute Gasteiger partial charge is 0.0755 e. The second-order valence-electron chi connectivity index (χ2n) is 4.69. The van der Waals surface area contributed by atoms with Gasteiger partial charge in [0.05, 0.1) is 13.1 Å². The first kappa shape index (κ1) is 15.0. The van der Waals surface area contributed by atoms with Crippen molar-refractivity contribution in [1.82, 2.24) is 0 Å². The molecule has 0 aliphatic rings. The summed E-state index contributed by atoms with van der Waals surface area (Å²) in [5, 5.41) is 2.46. The molecular weight excluding hydrogens is 182 g/mol. The topological polar surface area (TPSA) is 16.6 Å².